The first-order chi connectivity index (χ1) is 20.0. The Labute approximate surface area is 261 Å². The number of ether oxygens (including phenoxy) is 1. The molecule has 0 bridgehead atoms. The van der Waals surface area contributed by atoms with Gasteiger partial charge in [-0.3, -0.25) is 4.31 Å². The maximum atomic E-state index is 13.8. The molecular formula is C34H38Cl2N2O3S. The first kappa shape index (κ1) is 31.9. The molecule has 0 aliphatic carbocycles. The van der Waals surface area contributed by atoms with Gasteiger partial charge in [-0.1, -0.05) is 78.3 Å². The van der Waals surface area contributed by atoms with Crippen LogP contribution in [0.5, 0.6) is 5.75 Å². The van der Waals surface area contributed by atoms with Crippen molar-refractivity contribution in [2.75, 3.05) is 30.5 Å². The fourth-order valence-electron chi connectivity index (χ4n) is 5.40. The second-order valence-corrected chi connectivity index (χ2v) is 12.9. The van der Waals surface area contributed by atoms with Gasteiger partial charge in [-0.15, -0.1) is 12.4 Å². The molecule has 1 heterocycles. The van der Waals surface area contributed by atoms with Gasteiger partial charge in [0.05, 0.1) is 23.7 Å². The number of hydrogen-bond acceptors (Lipinski definition) is 4. The van der Waals surface area contributed by atoms with Crippen molar-refractivity contribution < 1.29 is 13.2 Å². The predicted octanol–water partition coefficient (Wildman–Crippen LogP) is 7.88. The van der Waals surface area contributed by atoms with Crippen molar-refractivity contribution in [2.45, 2.75) is 37.1 Å². The summed E-state index contributed by atoms with van der Waals surface area (Å²) in [7, 11) is -3.84. The van der Waals surface area contributed by atoms with Gasteiger partial charge in [-0.2, -0.15) is 0 Å². The third kappa shape index (κ3) is 8.51. The summed E-state index contributed by atoms with van der Waals surface area (Å²) in [6.45, 7) is 3.99. The lowest BCUT2D eigenvalue weighted by atomic mass is 9.90. The van der Waals surface area contributed by atoms with Gasteiger partial charge < -0.3 is 9.64 Å². The molecule has 0 spiro atoms. The lowest BCUT2D eigenvalue weighted by Gasteiger charge is -2.32. The Hall–Kier alpha value is -3.03. The summed E-state index contributed by atoms with van der Waals surface area (Å²) in [4.78, 5) is 2.73. The minimum Gasteiger partial charge on any atom is -0.493 e. The van der Waals surface area contributed by atoms with Crippen LogP contribution in [-0.2, 0) is 23.0 Å². The zero-order valence-electron chi connectivity index (χ0n) is 23.6. The van der Waals surface area contributed by atoms with Gasteiger partial charge in [-0.25, -0.2) is 8.42 Å². The number of para-hydroxylation sites is 2. The van der Waals surface area contributed by atoms with Crippen molar-refractivity contribution in [3.05, 3.63) is 125 Å². The fourth-order valence-corrected chi connectivity index (χ4v) is 6.97. The van der Waals surface area contributed by atoms with E-state index in [1.165, 1.54) is 29.1 Å². The van der Waals surface area contributed by atoms with Gasteiger partial charge in [0.1, 0.15) is 5.75 Å². The van der Waals surface area contributed by atoms with E-state index < -0.39 is 10.0 Å². The van der Waals surface area contributed by atoms with E-state index in [1.54, 1.807) is 36.4 Å². The second kappa shape index (κ2) is 15.4. The Morgan fingerprint density at radius 3 is 2.12 bits per heavy atom. The Morgan fingerprint density at radius 1 is 0.810 bits per heavy atom. The summed E-state index contributed by atoms with van der Waals surface area (Å²) in [5.74, 6) is 1.47. The Morgan fingerprint density at radius 2 is 1.43 bits per heavy atom. The van der Waals surface area contributed by atoms with Gasteiger partial charge in [0.25, 0.3) is 10.0 Å². The molecule has 42 heavy (non-hydrogen) atoms. The number of nitrogens with zero attached hydrogens (tertiary/aromatic N) is 2. The van der Waals surface area contributed by atoms with E-state index in [-0.39, 0.29) is 23.8 Å². The molecule has 1 fully saturated rings. The molecule has 0 saturated carbocycles. The lowest BCUT2D eigenvalue weighted by molar-refractivity contribution is 0.170. The van der Waals surface area contributed by atoms with E-state index >= 15 is 0 Å². The van der Waals surface area contributed by atoms with Crippen molar-refractivity contribution in [1.29, 1.82) is 0 Å². The fraction of sp³-hybridized carbons (Fsp3) is 0.294. The molecule has 0 N–H and O–H groups in total. The number of rotatable bonds is 12. The van der Waals surface area contributed by atoms with E-state index in [2.05, 4.69) is 35.2 Å². The van der Waals surface area contributed by atoms with Crippen LogP contribution in [0.15, 0.2) is 114 Å². The van der Waals surface area contributed by atoms with Crippen molar-refractivity contribution in [3.63, 3.8) is 0 Å². The maximum Gasteiger partial charge on any atom is 0.264 e. The Balaban J connectivity index is 0.00000405. The predicted molar refractivity (Wildman–Crippen MR) is 174 cm³/mol. The number of sulfonamides is 1. The van der Waals surface area contributed by atoms with Crippen LogP contribution in [0.2, 0.25) is 5.02 Å². The molecule has 0 radical (unpaired) electrons. The molecule has 4 aromatic rings. The van der Waals surface area contributed by atoms with Crippen molar-refractivity contribution in [1.82, 2.24) is 4.90 Å². The second-order valence-electron chi connectivity index (χ2n) is 10.6. The molecule has 0 atom stereocenters. The molecule has 1 aliphatic heterocycles. The summed E-state index contributed by atoms with van der Waals surface area (Å²) in [5.41, 5.74) is 2.84. The summed E-state index contributed by atoms with van der Waals surface area (Å²) < 4.78 is 35.2. The van der Waals surface area contributed by atoms with E-state index in [1.807, 2.05) is 42.5 Å². The molecule has 222 valence electrons. The van der Waals surface area contributed by atoms with Crippen LogP contribution < -0.4 is 9.04 Å². The van der Waals surface area contributed by atoms with Crippen LogP contribution in [0.4, 0.5) is 5.69 Å². The van der Waals surface area contributed by atoms with Gasteiger partial charge in [-0.05, 0) is 92.7 Å². The highest BCUT2D eigenvalue weighted by molar-refractivity contribution is 7.92. The van der Waals surface area contributed by atoms with Crippen LogP contribution >= 0.6 is 24.0 Å². The van der Waals surface area contributed by atoms with Gasteiger partial charge >= 0.3 is 0 Å². The van der Waals surface area contributed by atoms with Crippen LogP contribution in [0.3, 0.4) is 0 Å². The van der Waals surface area contributed by atoms with Crippen LogP contribution in [0.1, 0.15) is 30.4 Å². The molecule has 8 heteroatoms. The van der Waals surface area contributed by atoms with Gasteiger partial charge in [0.15, 0.2) is 0 Å². The average Bonchev–Trinajstić information content (AvgIpc) is 3.00. The van der Waals surface area contributed by atoms with Gasteiger partial charge in [0, 0.05) is 17.1 Å². The highest BCUT2D eigenvalue weighted by Gasteiger charge is 2.26. The molecule has 0 aromatic heterocycles. The van der Waals surface area contributed by atoms with E-state index in [9.17, 15) is 8.42 Å². The molecule has 5 rings (SSSR count). The monoisotopic (exact) mass is 624 g/mol. The average molecular weight is 626 g/mol. The molecule has 0 amide bonds. The highest BCUT2D eigenvalue weighted by atomic mass is 35.5. The number of likely N-dealkylation sites (tertiary alicyclic amines) is 1. The molecule has 1 saturated heterocycles. The lowest BCUT2D eigenvalue weighted by Crippen LogP contribution is -2.35. The van der Waals surface area contributed by atoms with Gasteiger partial charge in [0.2, 0.25) is 0 Å². The largest absolute Gasteiger partial charge is 0.493 e. The third-order valence-electron chi connectivity index (χ3n) is 7.68. The Kier molecular flexibility index (Phi) is 11.7. The molecule has 5 nitrogen and oxygen atoms in total. The summed E-state index contributed by atoms with van der Waals surface area (Å²) >= 11 is 6.03. The number of anilines is 1. The quantitative estimate of drug-likeness (QED) is 0.150. The van der Waals surface area contributed by atoms with Crippen molar-refractivity contribution >= 4 is 39.7 Å². The van der Waals surface area contributed by atoms with Crippen LogP contribution in [-0.4, -0.2) is 39.6 Å². The van der Waals surface area contributed by atoms with E-state index in [0.29, 0.717) is 23.1 Å². The van der Waals surface area contributed by atoms with E-state index in [0.717, 1.165) is 37.5 Å². The third-order valence-corrected chi connectivity index (χ3v) is 9.72. The van der Waals surface area contributed by atoms with Crippen LogP contribution in [0.25, 0.3) is 0 Å². The summed E-state index contributed by atoms with van der Waals surface area (Å²) in [6, 6.07) is 33.9. The molecule has 1 aliphatic rings. The standard InChI is InChI=1S/C34H37ClN2O3S.ClH/c35-31-16-18-33(19-17-31)41(38,39)37(32-13-5-2-6-14-32)27-30-12-7-8-15-34(30)40-25-9-22-36-23-20-29(21-24-36)26-28-10-3-1-4-11-28;/h1-8,10-19,29H,9,20-27H2;1H. The topological polar surface area (TPSA) is 49.9 Å². The zero-order chi connectivity index (χ0) is 28.5. The maximum absolute atomic E-state index is 13.8. The number of hydrogen-bond donors (Lipinski definition) is 0. The van der Waals surface area contributed by atoms with Crippen LogP contribution in [0, 0.1) is 5.92 Å². The van der Waals surface area contributed by atoms with Crippen molar-refractivity contribution in [3.8, 4) is 5.75 Å². The van der Waals surface area contributed by atoms with E-state index in [4.69, 9.17) is 16.3 Å². The highest BCUT2D eigenvalue weighted by Crippen LogP contribution is 2.30. The number of piperidine rings is 1. The summed E-state index contributed by atoms with van der Waals surface area (Å²) in [6.07, 6.45) is 4.55. The number of halogens is 2. The normalized spacial score (nSPS) is 14.2. The molecule has 4 aromatic carbocycles. The summed E-state index contributed by atoms with van der Waals surface area (Å²) in [5, 5.41) is 0.491. The minimum absolute atomic E-state index is 0. The first-order valence-electron chi connectivity index (χ1n) is 14.3. The molecule has 0 unspecified atom stereocenters. The first-order valence-corrected chi connectivity index (χ1v) is 16.1. The smallest absolute Gasteiger partial charge is 0.264 e. The van der Waals surface area contributed by atoms with Crippen molar-refractivity contribution in [2.24, 2.45) is 5.92 Å². The number of benzene rings is 4. The molecular weight excluding hydrogens is 587 g/mol. The SMILES string of the molecule is Cl.O=S(=O)(c1ccc(Cl)cc1)N(Cc1ccccc1OCCCN1CCC(Cc2ccccc2)CC1)c1ccccc1. The minimum atomic E-state index is -3.84. The Bertz CT molecular complexity index is 1480. The zero-order valence-corrected chi connectivity index (χ0v) is 26.0.